The van der Waals surface area contributed by atoms with Gasteiger partial charge in [0.2, 0.25) is 0 Å². The molecule has 0 aromatic carbocycles. The van der Waals surface area contributed by atoms with Gasteiger partial charge >= 0.3 is 0 Å². The molecular formula is C14H17FN2O2. The first-order chi connectivity index (χ1) is 9.13. The first-order valence-electron chi connectivity index (χ1n) is 6.74. The SMILES string of the molecule is O=C(CN1CC2CCC[C@@H]2C1)c1ccc(O)c(F)n1. The molecule has 1 aliphatic heterocycles. The smallest absolute Gasteiger partial charge is 0.255 e. The molecule has 102 valence electrons. The van der Waals surface area contributed by atoms with Gasteiger partial charge in [0.1, 0.15) is 5.69 Å². The van der Waals surface area contributed by atoms with Gasteiger partial charge in [0.15, 0.2) is 11.5 Å². The van der Waals surface area contributed by atoms with E-state index in [0.29, 0.717) is 6.54 Å². The molecule has 5 heteroatoms. The van der Waals surface area contributed by atoms with E-state index in [1.165, 1.54) is 31.4 Å². The fourth-order valence-corrected chi connectivity index (χ4v) is 3.33. The van der Waals surface area contributed by atoms with Gasteiger partial charge in [-0.2, -0.15) is 4.39 Å². The number of halogens is 1. The minimum absolute atomic E-state index is 0.0901. The van der Waals surface area contributed by atoms with E-state index in [9.17, 15) is 9.18 Å². The lowest BCUT2D eigenvalue weighted by atomic mass is 10.0. The number of hydrogen-bond donors (Lipinski definition) is 1. The third-order valence-electron chi connectivity index (χ3n) is 4.28. The Hall–Kier alpha value is -1.49. The Morgan fingerprint density at radius 2 is 2.05 bits per heavy atom. The van der Waals surface area contributed by atoms with Crippen molar-refractivity contribution in [2.45, 2.75) is 19.3 Å². The number of ketones is 1. The lowest BCUT2D eigenvalue weighted by Crippen LogP contribution is -2.29. The number of aromatic hydroxyl groups is 1. The fraction of sp³-hybridized carbons (Fsp3) is 0.571. The number of carbonyl (C=O) groups is 1. The van der Waals surface area contributed by atoms with Gasteiger partial charge < -0.3 is 5.11 Å². The zero-order valence-electron chi connectivity index (χ0n) is 10.7. The van der Waals surface area contributed by atoms with Crippen LogP contribution in [0.1, 0.15) is 29.8 Å². The molecular weight excluding hydrogens is 247 g/mol. The molecule has 1 saturated heterocycles. The van der Waals surface area contributed by atoms with Crippen molar-refractivity contribution in [3.05, 3.63) is 23.8 Å². The van der Waals surface area contributed by atoms with Crippen molar-refractivity contribution < 1.29 is 14.3 Å². The van der Waals surface area contributed by atoms with Gasteiger partial charge in [-0.3, -0.25) is 9.69 Å². The minimum Gasteiger partial charge on any atom is -0.504 e. The van der Waals surface area contributed by atoms with Gasteiger partial charge in [0.05, 0.1) is 6.54 Å². The highest BCUT2D eigenvalue weighted by atomic mass is 19.1. The average molecular weight is 264 g/mol. The van der Waals surface area contributed by atoms with Crippen LogP contribution in [0.4, 0.5) is 4.39 Å². The zero-order chi connectivity index (χ0) is 13.4. The molecule has 1 aromatic rings. The Kier molecular flexibility index (Phi) is 3.22. The van der Waals surface area contributed by atoms with Crippen molar-refractivity contribution in [3.63, 3.8) is 0 Å². The average Bonchev–Trinajstić information content (AvgIpc) is 2.93. The number of hydrogen-bond acceptors (Lipinski definition) is 4. The van der Waals surface area contributed by atoms with Crippen LogP contribution >= 0.6 is 0 Å². The van der Waals surface area contributed by atoms with E-state index in [0.717, 1.165) is 24.9 Å². The molecule has 2 aliphatic rings. The van der Waals surface area contributed by atoms with E-state index < -0.39 is 11.7 Å². The zero-order valence-corrected chi connectivity index (χ0v) is 10.7. The maximum Gasteiger partial charge on any atom is 0.255 e. The molecule has 2 fully saturated rings. The molecule has 1 saturated carbocycles. The lowest BCUT2D eigenvalue weighted by Gasteiger charge is -2.15. The summed E-state index contributed by atoms with van der Waals surface area (Å²) in [4.78, 5) is 17.7. The molecule has 0 spiro atoms. The van der Waals surface area contributed by atoms with E-state index in [-0.39, 0.29) is 11.5 Å². The first kappa shape index (κ1) is 12.5. The van der Waals surface area contributed by atoms with Gasteiger partial charge in [0, 0.05) is 13.1 Å². The first-order valence-corrected chi connectivity index (χ1v) is 6.74. The number of carbonyl (C=O) groups excluding carboxylic acids is 1. The van der Waals surface area contributed by atoms with Crippen molar-refractivity contribution in [2.75, 3.05) is 19.6 Å². The van der Waals surface area contributed by atoms with E-state index in [1.807, 2.05) is 0 Å². The van der Waals surface area contributed by atoms with Crippen LogP contribution in [0.2, 0.25) is 0 Å². The number of Topliss-reactive ketones (excluding diaryl/α,β-unsaturated/α-hetero) is 1. The van der Waals surface area contributed by atoms with E-state index in [1.54, 1.807) is 0 Å². The number of aromatic nitrogens is 1. The van der Waals surface area contributed by atoms with Crippen LogP contribution in [0.5, 0.6) is 5.75 Å². The molecule has 2 heterocycles. The molecule has 2 atom stereocenters. The van der Waals surface area contributed by atoms with Crippen LogP contribution in [0.3, 0.4) is 0 Å². The molecule has 0 amide bonds. The highest BCUT2D eigenvalue weighted by Gasteiger charge is 2.36. The third kappa shape index (κ3) is 2.47. The van der Waals surface area contributed by atoms with Crippen LogP contribution in [-0.2, 0) is 0 Å². The summed E-state index contributed by atoms with van der Waals surface area (Å²) in [5.41, 5.74) is 0.0901. The summed E-state index contributed by atoms with van der Waals surface area (Å²) in [7, 11) is 0. The summed E-state index contributed by atoms with van der Waals surface area (Å²) in [5, 5.41) is 9.06. The molecule has 1 unspecified atom stereocenters. The topological polar surface area (TPSA) is 53.4 Å². The van der Waals surface area contributed by atoms with Crippen LogP contribution in [0.25, 0.3) is 0 Å². The Balaban J connectivity index is 1.63. The molecule has 4 nitrogen and oxygen atoms in total. The van der Waals surface area contributed by atoms with Gasteiger partial charge in [-0.25, -0.2) is 4.98 Å². The van der Waals surface area contributed by atoms with Gasteiger partial charge in [-0.05, 0) is 36.8 Å². The standard InChI is InChI=1S/C14H17FN2O2/c15-14-12(18)5-4-11(16-14)13(19)8-17-6-9-2-1-3-10(9)7-17/h4-5,9-10,18H,1-3,6-8H2/t9-,10?/m1/s1. The van der Waals surface area contributed by atoms with Crippen molar-refractivity contribution >= 4 is 5.78 Å². The number of likely N-dealkylation sites (tertiary alicyclic amines) is 1. The molecule has 1 aromatic heterocycles. The Morgan fingerprint density at radius 3 is 2.68 bits per heavy atom. The lowest BCUT2D eigenvalue weighted by molar-refractivity contribution is 0.0934. The summed E-state index contributed by atoms with van der Waals surface area (Å²) >= 11 is 0. The van der Waals surface area contributed by atoms with Crippen LogP contribution in [0.15, 0.2) is 12.1 Å². The quantitative estimate of drug-likeness (QED) is 0.668. The predicted octanol–water partition coefficient (Wildman–Crippen LogP) is 1.84. The van der Waals surface area contributed by atoms with Crippen LogP contribution in [-0.4, -0.2) is 40.4 Å². The van der Waals surface area contributed by atoms with Crippen LogP contribution < -0.4 is 0 Å². The minimum atomic E-state index is -0.982. The summed E-state index contributed by atoms with van der Waals surface area (Å²) < 4.78 is 13.1. The van der Waals surface area contributed by atoms with Crippen molar-refractivity contribution in [1.82, 2.24) is 9.88 Å². The monoisotopic (exact) mass is 264 g/mol. The normalized spacial score (nSPS) is 26.6. The summed E-state index contributed by atoms with van der Waals surface area (Å²) in [6.07, 6.45) is 3.84. The highest BCUT2D eigenvalue weighted by Crippen LogP contribution is 2.37. The second-order valence-corrected chi connectivity index (χ2v) is 5.57. The molecule has 0 bridgehead atoms. The second kappa shape index (κ2) is 4.89. The summed E-state index contributed by atoms with van der Waals surface area (Å²) in [6, 6.07) is 2.55. The van der Waals surface area contributed by atoms with E-state index in [2.05, 4.69) is 9.88 Å². The summed E-state index contributed by atoms with van der Waals surface area (Å²) in [5.74, 6) is -0.218. The summed E-state index contributed by atoms with van der Waals surface area (Å²) in [6.45, 7) is 2.23. The van der Waals surface area contributed by atoms with Crippen LogP contribution in [0, 0.1) is 17.8 Å². The number of fused-ring (bicyclic) bond motifs is 1. The third-order valence-corrected chi connectivity index (χ3v) is 4.28. The number of nitrogens with zero attached hydrogens (tertiary/aromatic N) is 2. The van der Waals surface area contributed by atoms with Gasteiger partial charge in [0.25, 0.3) is 5.95 Å². The molecule has 3 rings (SSSR count). The molecule has 1 aliphatic carbocycles. The Bertz CT molecular complexity index is 494. The fourth-order valence-electron chi connectivity index (χ4n) is 3.33. The van der Waals surface area contributed by atoms with Crippen molar-refractivity contribution in [3.8, 4) is 5.75 Å². The number of pyridine rings is 1. The van der Waals surface area contributed by atoms with Gasteiger partial charge in [-0.15, -0.1) is 0 Å². The largest absolute Gasteiger partial charge is 0.504 e. The molecule has 19 heavy (non-hydrogen) atoms. The second-order valence-electron chi connectivity index (χ2n) is 5.57. The van der Waals surface area contributed by atoms with E-state index in [4.69, 9.17) is 5.11 Å². The Labute approximate surface area is 111 Å². The predicted molar refractivity (Wildman–Crippen MR) is 67.5 cm³/mol. The molecule has 0 radical (unpaired) electrons. The van der Waals surface area contributed by atoms with E-state index >= 15 is 0 Å². The Morgan fingerprint density at radius 1 is 1.37 bits per heavy atom. The van der Waals surface area contributed by atoms with Gasteiger partial charge in [-0.1, -0.05) is 6.42 Å². The van der Waals surface area contributed by atoms with Crippen molar-refractivity contribution in [1.29, 1.82) is 0 Å². The highest BCUT2D eigenvalue weighted by molar-refractivity contribution is 5.95. The maximum absolute atomic E-state index is 13.1. The maximum atomic E-state index is 13.1. The van der Waals surface area contributed by atoms with Crippen molar-refractivity contribution in [2.24, 2.45) is 11.8 Å². The number of rotatable bonds is 3. The molecule has 1 N–H and O–H groups in total.